The zero-order chi connectivity index (χ0) is 27.2. The number of hydrogen-bond donors (Lipinski definition) is 3. The van der Waals surface area contributed by atoms with Crippen LogP contribution in [0.5, 0.6) is 5.75 Å². The van der Waals surface area contributed by atoms with Gasteiger partial charge in [-0.2, -0.15) is 10.2 Å². The third-order valence-electron chi connectivity index (χ3n) is 6.48. The lowest BCUT2D eigenvalue weighted by molar-refractivity contribution is 0.0945. The van der Waals surface area contributed by atoms with E-state index < -0.39 is 11.7 Å². The van der Waals surface area contributed by atoms with Crippen LogP contribution in [0.1, 0.15) is 38.3 Å². The van der Waals surface area contributed by atoms with E-state index in [2.05, 4.69) is 45.7 Å². The van der Waals surface area contributed by atoms with Crippen LogP contribution in [-0.2, 0) is 37.4 Å². The van der Waals surface area contributed by atoms with Gasteiger partial charge in [-0.05, 0) is 42.3 Å². The third-order valence-corrected chi connectivity index (χ3v) is 6.48. The molecular formula is C26H33FN8O3. The molecular weight excluding hydrogens is 491 g/mol. The van der Waals surface area contributed by atoms with Crippen molar-refractivity contribution in [1.82, 2.24) is 20.0 Å². The molecule has 5 N–H and O–H groups in total. The van der Waals surface area contributed by atoms with Crippen LogP contribution < -0.4 is 26.7 Å². The van der Waals surface area contributed by atoms with Crippen molar-refractivity contribution in [3.05, 3.63) is 75.9 Å². The van der Waals surface area contributed by atoms with E-state index >= 15 is 4.39 Å². The van der Waals surface area contributed by atoms with Crippen molar-refractivity contribution < 1.29 is 18.7 Å². The van der Waals surface area contributed by atoms with Crippen molar-refractivity contribution in [2.24, 2.45) is 16.8 Å². The number of benzene rings is 2. The Morgan fingerprint density at radius 1 is 1.29 bits per heavy atom. The van der Waals surface area contributed by atoms with Gasteiger partial charge in [0.1, 0.15) is 12.0 Å². The summed E-state index contributed by atoms with van der Waals surface area (Å²) in [5, 5.41) is 11.8. The minimum atomic E-state index is -0.656. The van der Waals surface area contributed by atoms with Gasteiger partial charge in [-0.25, -0.2) is 10.2 Å². The number of aromatic nitrogens is 2. The number of hydrazine groups is 1. The molecule has 12 heteroatoms. The second-order valence-corrected chi connectivity index (χ2v) is 9.14. The van der Waals surface area contributed by atoms with E-state index in [4.69, 9.17) is 21.2 Å². The molecule has 0 aliphatic carbocycles. The van der Waals surface area contributed by atoms with E-state index in [0.717, 1.165) is 36.4 Å². The minimum Gasteiger partial charge on any atom is -0.494 e. The maximum absolute atomic E-state index is 15.1. The summed E-state index contributed by atoms with van der Waals surface area (Å²) < 4.78 is 27.2. The second-order valence-electron chi connectivity index (χ2n) is 9.14. The van der Waals surface area contributed by atoms with Crippen molar-refractivity contribution in [3.63, 3.8) is 0 Å². The van der Waals surface area contributed by atoms with E-state index in [1.54, 1.807) is 16.9 Å². The molecule has 4 rings (SSSR count). The van der Waals surface area contributed by atoms with Crippen molar-refractivity contribution in [3.8, 4) is 5.75 Å². The number of likely N-dealkylation sites (N-methyl/N-ethyl adjacent to an activating group) is 1. The molecule has 2 aromatic carbocycles. The number of carbonyl (C=O) groups is 1. The molecule has 0 fully saturated rings. The monoisotopic (exact) mass is 524 g/mol. The molecule has 1 aliphatic heterocycles. The Morgan fingerprint density at radius 3 is 2.84 bits per heavy atom. The zero-order valence-electron chi connectivity index (χ0n) is 21.8. The molecule has 11 nitrogen and oxygen atoms in total. The highest BCUT2D eigenvalue weighted by Gasteiger charge is 2.21. The molecule has 2 heterocycles. The zero-order valence-corrected chi connectivity index (χ0v) is 21.8. The first-order valence-electron chi connectivity index (χ1n) is 12.1. The Morgan fingerprint density at radius 2 is 2.11 bits per heavy atom. The highest BCUT2D eigenvalue weighted by molar-refractivity contribution is 5.95. The summed E-state index contributed by atoms with van der Waals surface area (Å²) in [6.45, 7) is 2.43. The fourth-order valence-electron chi connectivity index (χ4n) is 4.57. The van der Waals surface area contributed by atoms with E-state index in [1.807, 2.05) is 0 Å². The predicted molar refractivity (Wildman–Crippen MR) is 142 cm³/mol. The number of amides is 1. The standard InChI is InChI=1S/C26H33FN8O3/c1-33-9-8-18-5-4-17(10-19(18)13-33)12-34-14-21(22(32-34)15-37-2)26(36)30-11-20-23(35(29)16-31-28)6-7-24(38-3)25(20)27/h4-7,10,14,16H,8-9,11-13,15,28-29H2,1-3H3,(H,30,36)/b31-16-. The largest absolute Gasteiger partial charge is 0.494 e. The molecule has 3 aromatic rings. The Labute approximate surface area is 220 Å². The molecule has 0 saturated heterocycles. The Balaban J connectivity index is 1.55. The van der Waals surface area contributed by atoms with Gasteiger partial charge in [0, 0.05) is 38.5 Å². The number of carbonyl (C=O) groups excluding carboxylic acids is 1. The van der Waals surface area contributed by atoms with Gasteiger partial charge in [-0.3, -0.25) is 14.5 Å². The summed E-state index contributed by atoms with van der Waals surface area (Å²) in [6.07, 6.45) is 3.84. The van der Waals surface area contributed by atoms with Crippen LogP contribution in [0.25, 0.3) is 0 Å². The van der Waals surface area contributed by atoms with Gasteiger partial charge < -0.3 is 25.5 Å². The second kappa shape index (κ2) is 12.0. The average molecular weight is 525 g/mol. The van der Waals surface area contributed by atoms with Crippen molar-refractivity contribution >= 4 is 17.9 Å². The first-order valence-corrected chi connectivity index (χ1v) is 12.1. The minimum absolute atomic E-state index is 0.0141. The summed E-state index contributed by atoms with van der Waals surface area (Å²) in [6, 6.07) is 9.44. The molecule has 0 saturated carbocycles. The summed E-state index contributed by atoms with van der Waals surface area (Å²) in [4.78, 5) is 15.5. The molecule has 1 amide bonds. The number of hydrogen-bond acceptors (Lipinski definition) is 8. The molecule has 0 unspecified atom stereocenters. The van der Waals surface area contributed by atoms with Crippen LogP contribution in [0.4, 0.5) is 10.1 Å². The van der Waals surface area contributed by atoms with Crippen molar-refractivity contribution in [2.45, 2.75) is 32.7 Å². The molecule has 0 atom stereocenters. The van der Waals surface area contributed by atoms with E-state index in [-0.39, 0.29) is 30.2 Å². The lowest BCUT2D eigenvalue weighted by Gasteiger charge is -2.25. The smallest absolute Gasteiger partial charge is 0.255 e. The van der Waals surface area contributed by atoms with Gasteiger partial charge in [-0.1, -0.05) is 18.2 Å². The highest BCUT2D eigenvalue weighted by Crippen LogP contribution is 2.29. The average Bonchev–Trinajstić information content (AvgIpc) is 3.29. The quantitative estimate of drug-likeness (QED) is 0.158. The van der Waals surface area contributed by atoms with Crippen molar-refractivity contribution in [1.29, 1.82) is 0 Å². The molecule has 1 aromatic heterocycles. The van der Waals surface area contributed by atoms with Crippen LogP contribution in [0.3, 0.4) is 0 Å². The number of halogens is 1. The molecule has 0 spiro atoms. The number of nitrogens with two attached hydrogens (primary N) is 2. The number of nitrogens with one attached hydrogen (secondary N) is 1. The fraction of sp³-hybridized carbons (Fsp3) is 0.346. The Bertz CT molecular complexity index is 1330. The topological polar surface area (TPSA) is 136 Å². The van der Waals surface area contributed by atoms with Crippen LogP contribution in [0.15, 0.2) is 41.6 Å². The van der Waals surface area contributed by atoms with Gasteiger partial charge in [0.05, 0.1) is 31.5 Å². The number of ether oxygens (including phenoxy) is 2. The lowest BCUT2D eigenvalue weighted by atomic mass is 9.98. The molecule has 38 heavy (non-hydrogen) atoms. The fourth-order valence-corrected chi connectivity index (χ4v) is 4.57. The van der Waals surface area contributed by atoms with Crippen LogP contribution in [0.2, 0.25) is 0 Å². The van der Waals surface area contributed by atoms with Gasteiger partial charge in [0.2, 0.25) is 0 Å². The molecule has 0 bridgehead atoms. The van der Waals surface area contributed by atoms with Crippen LogP contribution in [-0.4, -0.2) is 54.7 Å². The third kappa shape index (κ3) is 5.93. The van der Waals surface area contributed by atoms with Gasteiger partial charge in [0.15, 0.2) is 11.6 Å². The maximum Gasteiger partial charge on any atom is 0.255 e. The van der Waals surface area contributed by atoms with Gasteiger partial charge in [0.25, 0.3) is 5.91 Å². The maximum atomic E-state index is 15.1. The lowest BCUT2D eigenvalue weighted by Crippen LogP contribution is -2.32. The highest BCUT2D eigenvalue weighted by atomic mass is 19.1. The summed E-state index contributed by atoms with van der Waals surface area (Å²) in [7, 11) is 5.00. The Hall–Kier alpha value is -4.00. The van der Waals surface area contributed by atoms with Crippen molar-refractivity contribution in [2.75, 3.05) is 32.8 Å². The van der Waals surface area contributed by atoms with Crippen LogP contribution >= 0.6 is 0 Å². The normalized spacial score (nSPS) is 13.5. The van der Waals surface area contributed by atoms with Crippen LogP contribution in [0, 0.1) is 5.82 Å². The number of anilines is 1. The molecule has 1 aliphatic rings. The number of fused-ring (bicyclic) bond motifs is 1. The van der Waals surface area contributed by atoms with E-state index in [1.165, 1.54) is 31.4 Å². The number of hydrazone groups is 1. The van der Waals surface area contributed by atoms with Gasteiger partial charge >= 0.3 is 0 Å². The Kier molecular flexibility index (Phi) is 8.56. The number of rotatable bonds is 10. The summed E-state index contributed by atoms with van der Waals surface area (Å²) >= 11 is 0. The molecule has 0 radical (unpaired) electrons. The SMILES string of the molecule is COCc1nn(Cc2ccc3c(c2)CN(C)CC3)cc1C(=O)NCc1c(N(N)/C=N\N)ccc(OC)c1F. The summed E-state index contributed by atoms with van der Waals surface area (Å²) in [5.74, 6) is 10.0. The first kappa shape index (κ1) is 27.0. The van der Waals surface area contributed by atoms with E-state index in [0.29, 0.717) is 17.8 Å². The van der Waals surface area contributed by atoms with E-state index in [9.17, 15) is 4.79 Å². The number of nitrogens with zero attached hydrogens (tertiary/aromatic N) is 5. The predicted octanol–water partition coefficient (Wildman–Crippen LogP) is 1.73. The number of methoxy groups -OCH3 is 2. The molecule has 202 valence electrons. The summed E-state index contributed by atoms with van der Waals surface area (Å²) in [5.41, 5.74) is 4.95. The van der Waals surface area contributed by atoms with Gasteiger partial charge in [-0.15, -0.1) is 0 Å². The first-order chi connectivity index (χ1) is 18.3.